The summed E-state index contributed by atoms with van der Waals surface area (Å²) in [5.41, 5.74) is 6.23. The van der Waals surface area contributed by atoms with Crippen molar-refractivity contribution in [2.45, 2.75) is 13.0 Å². The van der Waals surface area contributed by atoms with Crippen LogP contribution in [0, 0.1) is 0 Å². The minimum atomic E-state index is 0.150. The van der Waals surface area contributed by atoms with E-state index in [9.17, 15) is 0 Å². The zero-order chi connectivity index (χ0) is 10.8. The van der Waals surface area contributed by atoms with Crippen molar-refractivity contribution in [1.82, 2.24) is 5.16 Å². The van der Waals surface area contributed by atoms with Crippen LogP contribution < -0.4 is 11.1 Å². The molecule has 0 aliphatic heterocycles. The first-order valence-corrected chi connectivity index (χ1v) is 5.10. The summed E-state index contributed by atoms with van der Waals surface area (Å²) in [6.45, 7) is 2.51. The lowest BCUT2D eigenvalue weighted by Gasteiger charge is -2.09. The standard InChI is InChI=1S/C10H12ClN3O/c1-6(5-12)13-10-8-4-7(11)2-3-9(8)15-14-10/h2-4,6H,5,12H2,1H3,(H,13,14). The summed E-state index contributed by atoms with van der Waals surface area (Å²) >= 11 is 5.90. The lowest BCUT2D eigenvalue weighted by molar-refractivity contribution is 0.458. The van der Waals surface area contributed by atoms with Crippen LogP contribution in [-0.2, 0) is 0 Å². The van der Waals surface area contributed by atoms with Crippen LogP contribution in [-0.4, -0.2) is 17.7 Å². The van der Waals surface area contributed by atoms with Crippen molar-refractivity contribution in [3.8, 4) is 0 Å². The average molecular weight is 226 g/mol. The fourth-order valence-corrected chi connectivity index (χ4v) is 1.48. The molecule has 0 saturated carbocycles. The van der Waals surface area contributed by atoms with Gasteiger partial charge in [0, 0.05) is 17.6 Å². The average Bonchev–Trinajstić information content (AvgIpc) is 2.61. The van der Waals surface area contributed by atoms with Gasteiger partial charge >= 0.3 is 0 Å². The summed E-state index contributed by atoms with van der Waals surface area (Å²) in [6, 6.07) is 5.53. The van der Waals surface area contributed by atoms with E-state index in [1.165, 1.54) is 0 Å². The topological polar surface area (TPSA) is 64.1 Å². The number of rotatable bonds is 3. The molecule has 80 valence electrons. The molecule has 0 amide bonds. The van der Waals surface area contributed by atoms with Gasteiger partial charge in [0.2, 0.25) is 0 Å². The molecular weight excluding hydrogens is 214 g/mol. The molecule has 0 bridgehead atoms. The SMILES string of the molecule is CC(CN)Nc1noc2ccc(Cl)cc12. The third-order valence-corrected chi connectivity index (χ3v) is 2.40. The summed E-state index contributed by atoms with van der Waals surface area (Å²) < 4.78 is 5.14. The van der Waals surface area contributed by atoms with Crippen LogP contribution in [0.2, 0.25) is 5.02 Å². The van der Waals surface area contributed by atoms with E-state index in [2.05, 4.69) is 10.5 Å². The highest BCUT2D eigenvalue weighted by atomic mass is 35.5. The largest absolute Gasteiger partial charge is 0.363 e. The molecule has 3 N–H and O–H groups in total. The Bertz CT molecular complexity index is 469. The first kappa shape index (κ1) is 10.3. The van der Waals surface area contributed by atoms with Crippen LogP contribution >= 0.6 is 11.6 Å². The first-order chi connectivity index (χ1) is 7.20. The Balaban J connectivity index is 2.39. The molecule has 1 aromatic heterocycles. The third kappa shape index (κ3) is 2.06. The van der Waals surface area contributed by atoms with Crippen molar-refractivity contribution in [1.29, 1.82) is 0 Å². The molecule has 1 aromatic carbocycles. The Hall–Kier alpha value is -1.26. The highest BCUT2D eigenvalue weighted by Crippen LogP contribution is 2.26. The third-order valence-electron chi connectivity index (χ3n) is 2.17. The molecule has 0 spiro atoms. The maximum atomic E-state index is 5.90. The van der Waals surface area contributed by atoms with E-state index in [1.807, 2.05) is 13.0 Å². The second-order valence-corrected chi connectivity index (χ2v) is 3.89. The predicted molar refractivity (Wildman–Crippen MR) is 61.2 cm³/mol. The van der Waals surface area contributed by atoms with Gasteiger partial charge in [-0.1, -0.05) is 16.8 Å². The normalized spacial score (nSPS) is 13.0. The highest BCUT2D eigenvalue weighted by molar-refractivity contribution is 6.31. The number of nitrogens with two attached hydrogens (primary N) is 1. The smallest absolute Gasteiger partial charge is 0.177 e. The second kappa shape index (κ2) is 4.08. The van der Waals surface area contributed by atoms with E-state index in [-0.39, 0.29) is 6.04 Å². The van der Waals surface area contributed by atoms with E-state index >= 15 is 0 Å². The minimum absolute atomic E-state index is 0.150. The van der Waals surface area contributed by atoms with Crippen LogP contribution in [0.3, 0.4) is 0 Å². The number of fused-ring (bicyclic) bond motifs is 1. The van der Waals surface area contributed by atoms with Crippen LogP contribution in [0.1, 0.15) is 6.92 Å². The molecule has 0 saturated heterocycles. The number of hydrogen-bond donors (Lipinski definition) is 2. The van der Waals surface area contributed by atoms with Crippen molar-refractivity contribution < 1.29 is 4.52 Å². The van der Waals surface area contributed by atoms with Gasteiger partial charge in [0.1, 0.15) is 0 Å². The summed E-state index contributed by atoms with van der Waals surface area (Å²) in [5.74, 6) is 0.686. The Kier molecular flexibility index (Phi) is 2.79. The van der Waals surface area contributed by atoms with Crippen molar-refractivity contribution in [3.05, 3.63) is 23.2 Å². The minimum Gasteiger partial charge on any atom is -0.363 e. The first-order valence-electron chi connectivity index (χ1n) is 4.72. The molecular formula is C10H12ClN3O. The molecule has 1 heterocycles. The molecule has 2 rings (SSSR count). The van der Waals surface area contributed by atoms with Gasteiger partial charge in [0.05, 0.1) is 5.39 Å². The number of anilines is 1. The molecule has 0 radical (unpaired) electrons. The molecule has 1 unspecified atom stereocenters. The van der Waals surface area contributed by atoms with Gasteiger partial charge in [-0.2, -0.15) is 0 Å². The van der Waals surface area contributed by atoms with Gasteiger partial charge in [-0.05, 0) is 25.1 Å². The van der Waals surface area contributed by atoms with Gasteiger partial charge in [-0.25, -0.2) is 0 Å². The molecule has 0 aliphatic carbocycles. The molecule has 0 fully saturated rings. The maximum Gasteiger partial charge on any atom is 0.177 e. The number of halogens is 1. The molecule has 2 aromatic rings. The number of benzene rings is 1. The molecule has 1 atom stereocenters. The van der Waals surface area contributed by atoms with Crippen molar-refractivity contribution >= 4 is 28.4 Å². The van der Waals surface area contributed by atoms with Crippen molar-refractivity contribution in [2.24, 2.45) is 5.73 Å². The fraction of sp³-hybridized carbons (Fsp3) is 0.300. The fourth-order valence-electron chi connectivity index (χ4n) is 1.31. The van der Waals surface area contributed by atoms with E-state index < -0.39 is 0 Å². The monoisotopic (exact) mass is 225 g/mol. The molecule has 4 nitrogen and oxygen atoms in total. The predicted octanol–water partition coefficient (Wildman–Crippen LogP) is 2.24. The van der Waals surface area contributed by atoms with Crippen LogP contribution in [0.25, 0.3) is 11.0 Å². The summed E-state index contributed by atoms with van der Waals surface area (Å²) in [7, 11) is 0. The van der Waals surface area contributed by atoms with Crippen LogP contribution in [0.4, 0.5) is 5.82 Å². The quantitative estimate of drug-likeness (QED) is 0.841. The Morgan fingerprint density at radius 1 is 1.60 bits per heavy atom. The van der Waals surface area contributed by atoms with E-state index in [0.717, 1.165) is 5.39 Å². The van der Waals surface area contributed by atoms with Crippen molar-refractivity contribution in [3.63, 3.8) is 0 Å². The summed E-state index contributed by atoms with van der Waals surface area (Å²) in [4.78, 5) is 0. The second-order valence-electron chi connectivity index (χ2n) is 3.45. The van der Waals surface area contributed by atoms with Crippen LogP contribution in [0.15, 0.2) is 22.7 Å². The van der Waals surface area contributed by atoms with E-state index in [1.54, 1.807) is 12.1 Å². The van der Waals surface area contributed by atoms with E-state index in [0.29, 0.717) is 23.0 Å². The highest BCUT2D eigenvalue weighted by Gasteiger charge is 2.09. The van der Waals surface area contributed by atoms with Crippen molar-refractivity contribution in [2.75, 3.05) is 11.9 Å². The number of hydrogen-bond acceptors (Lipinski definition) is 4. The number of aromatic nitrogens is 1. The van der Waals surface area contributed by atoms with Gasteiger partial charge < -0.3 is 15.6 Å². The summed E-state index contributed by atoms with van der Waals surface area (Å²) in [6.07, 6.45) is 0. The lowest BCUT2D eigenvalue weighted by Crippen LogP contribution is -2.25. The van der Waals surface area contributed by atoms with Gasteiger partial charge in [-0.3, -0.25) is 0 Å². The number of nitrogens with zero attached hydrogens (tertiary/aromatic N) is 1. The van der Waals surface area contributed by atoms with Gasteiger partial charge in [-0.15, -0.1) is 0 Å². The van der Waals surface area contributed by atoms with Crippen LogP contribution in [0.5, 0.6) is 0 Å². The van der Waals surface area contributed by atoms with Gasteiger partial charge in [0.25, 0.3) is 0 Å². The molecule has 0 aliphatic rings. The zero-order valence-electron chi connectivity index (χ0n) is 8.33. The number of nitrogens with one attached hydrogen (secondary N) is 1. The summed E-state index contributed by atoms with van der Waals surface area (Å²) in [5, 5.41) is 8.62. The Labute approximate surface area is 92.4 Å². The molecule has 5 heteroatoms. The zero-order valence-corrected chi connectivity index (χ0v) is 9.08. The Morgan fingerprint density at radius 3 is 3.13 bits per heavy atom. The van der Waals surface area contributed by atoms with Gasteiger partial charge in [0.15, 0.2) is 11.4 Å². The lowest BCUT2D eigenvalue weighted by atomic mass is 10.2. The Morgan fingerprint density at radius 2 is 2.40 bits per heavy atom. The van der Waals surface area contributed by atoms with E-state index in [4.69, 9.17) is 21.9 Å². The maximum absolute atomic E-state index is 5.90. The molecule has 15 heavy (non-hydrogen) atoms.